The molecule has 0 heterocycles. The van der Waals surface area contributed by atoms with Crippen LogP contribution >= 0.6 is 0 Å². The second kappa shape index (κ2) is 8.25. The Kier molecular flexibility index (Phi) is 6.66. The summed E-state index contributed by atoms with van der Waals surface area (Å²) in [7, 11) is 0. The van der Waals surface area contributed by atoms with E-state index < -0.39 is 5.97 Å². The maximum absolute atomic E-state index is 12.4. The van der Waals surface area contributed by atoms with Gasteiger partial charge in [0.2, 0.25) is 5.91 Å². The number of carbonyl (C=O) groups excluding carboxylic acids is 1. The van der Waals surface area contributed by atoms with E-state index in [0.29, 0.717) is 6.42 Å². The van der Waals surface area contributed by atoms with Crippen LogP contribution < -0.4 is 0 Å². The van der Waals surface area contributed by atoms with E-state index in [0.717, 1.165) is 5.56 Å². The summed E-state index contributed by atoms with van der Waals surface area (Å²) < 4.78 is 0. The second-order valence-electron chi connectivity index (χ2n) is 5.28. The quantitative estimate of drug-likeness (QED) is 0.748. The molecule has 0 saturated carbocycles. The van der Waals surface area contributed by atoms with Gasteiger partial charge < -0.3 is 10.0 Å². The van der Waals surface area contributed by atoms with Gasteiger partial charge in [0.25, 0.3) is 0 Å². The Bertz CT molecular complexity index is 482. The van der Waals surface area contributed by atoms with Gasteiger partial charge in [-0.1, -0.05) is 36.4 Å². The average Bonchev–Trinajstić information content (AvgIpc) is 2.45. The Morgan fingerprint density at radius 3 is 2.38 bits per heavy atom. The molecule has 1 atom stereocenters. The highest BCUT2D eigenvalue weighted by atomic mass is 16.4. The molecule has 1 aromatic rings. The molecule has 0 aliphatic heterocycles. The summed E-state index contributed by atoms with van der Waals surface area (Å²) in [5.41, 5.74) is 1.04. The Morgan fingerprint density at radius 1 is 1.29 bits per heavy atom. The van der Waals surface area contributed by atoms with Gasteiger partial charge in [-0.2, -0.15) is 0 Å². The highest BCUT2D eigenvalue weighted by molar-refractivity contribution is 5.78. The number of hydrogen-bond acceptors (Lipinski definition) is 2. The van der Waals surface area contributed by atoms with Crippen molar-refractivity contribution < 1.29 is 14.7 Å². The summed E-state index contributed by atoms with van der Waals surface area (Å²) in [5.74, 6) is -0.985. The summed E-state index contributed by atoms with van der Waals surface area (Å²) in [6, 6.07) is 9.71. The van der Waals surface area contributed by atoms with Crippen molar-refractivity contribution in [3.63, 3.8) is 0 Å². The van der Waals surface area contributed by atoms with E-state index in [1.165, 1.54) is 0 Å². The minimum atomic E-state index is -0.892. The molecule has 4 heteroatoms. The lowest BCUT2D eigenvalue weighted by molar-refractivity contribution is -0.139. The highest BCUT2D eigenvalue weighted by Crippen LogP contribution is 2.22. The van der Waals surface area contributed by atoms with E-state index in [9.17, 15) is 9.59 Å². The molecule has 1 aromatic carbocycles. The summed E-state index contributed by atoms with van der Waals surface area (Å²) in [6.07, 6.45) is 2.04. The molecule has 114 valence electrons. The molecule has 4 nitrogen and oxygen atoms in total. The molecule has 0 aromatic heterocycles. The van der Waals surface area contributed by atoms with E-state index in [2.05, 4.69) is 6.58 Å². The van der Waals surface area contributed by atoms with Crippen LogP contribution in [-0.4, -0.2) is 34.5 Å². The number of carbonyl (C=O) groups is 2. The SMILES string of the molecule is C=CC(CC(=O)N(CCC(=O)O)C(C)C)c1ccccc1. The zero-order valence-electron chi connectivity index (χ0n) is 12.7. The number of amides is 1. The van der Waals surface area contributed by atoms with Crippen LogP contribution in [0.3, 0.4) is 0 Å². The molecule has 0 radical (unpaired) electrons. The normalized spacial score (nSPS) is 12.0. The number of carboxylic acids is 1. The van der Waals surface area contributed by atoms with Crippen molar-refractivity contribution in [1.82, 2.24) is 4.90 Å². The minimum absolute atomic E-state index is 0.0157. The van der Waals surface area contributed by atoms with Crippen LogP contribution in [0.1, 0.15) is 38.2 Å². The number of nitrogens with zero attached hydrogens (tertiary/aromatic N) is 1. The van der Waals surface area contributed by atoms with Crippen molar-refractivity contribution in [3.05, 3.63) is 48.6 Å². The molecular weight excluding hydrogens is 266 g/mol. The number of carboxylic acid groups (broad SMARTS) is 1. The number of hydrogen-bond donors (Lipinski definition) is 1. The third-order valence-corrected chi connectivity index (χ3v) is 3.42. The first-order valence-electron chi connectivity index (χ1n) is 7.14. The molecule has 1 unspecified atom stereocenters. The predicted molar refractivity (Wildman–Crippen MR) is 83.1 cm³/mol. The van der Waals surface area contributed by atoms with Crippen LogP contribution in [0.4, 0.5) is 0 Å². The Hall–Kier alpha value is -2.10. The highest BCUT2D eigenvalue weighted by Gasteiger charge is 2.21. The molecule has 1 N–H and O–H groups in total. The Labute approximate surface area is 126 Å². The molecule has 0 spiro atoms. The number of benzene rings is 1. The van der Waals surface area contributed by atoms with Crippen molar-refractivity contribution in [3.8, 4) is 0 Å². The summed E-state index contributed by atoms with van der Waals surface area (Å²) in [5, 5.41) is 8.78. The summed E-state index contributed by atoms with van der Waals surface area (Å²) in [4.78, 5) is 24.7. The van der Waals surface area contributed by atoms with Crippen LogP contribution in [0, 0.1) is 0 Å². The van der Waals surface area contributed by atoms with Gasteiger partial charge in [-0.3, -0.25) is 9.59 Å². The minimum Gasteiger partial charge on any atom is -0.481 e. The van der Waals surface area contributed by atoms with Gasteiger partial charge in [-0.25, -0.2) is 0 Å². The Balaban J connectivity index is 2.75. The third kappa shape index (κ3) is 5.42. The van der Waals surface area contributed by atoms with Crippen molar-refractivity contribution in [2.24, 2.45) is 0 Å². The van der Waals surface area contributed by atoms with Gasteiger partial charge in [0, 0.05) is 24.9 Å². The largest absolute Gasteiger partial charge is 0.481 e. The fraction of sp³-hybridized carbons (Fsp3) is 0.412. The van der Waals surface area contributed by atoms with Crippen LogP contribution in [0.25, 0.3) is 0 Å². The lowest BCUT2D eigenvalue weighted by Crippen LogP contribution is -2.39. The molecule has 1 amide bonds. The van der Waals surface area contributed by atoms with Crippen molar-refractivity contribution >= 4 is 11.9 Å². The molecule has 21 heavy (non-hydrogen) atoms. The molecule has 0 bridgehead atoms. The van der Waals surface area contributed by atoms with Gasteiger partial charge >= 0.3 is 5.97 Å². The van der Waals surface area contributed by atoms with Gasteiger partial charge in [0.05, 0.1) is 6.42 Å². The lowest BCUT2D eigenvalue weighted by atomic mass is 9.95. The van der Waals surface area contributed by atoms with Crippen LogP contribution in [0.5, 0.6) is 0 Å². The molecule has 1 rings (SSSR count). The van der Waals surface area contributed by atoms with Crippen LogP contribution in [-0.2, 0) is 9.59 Å². The summed E-state index contributed by atoms with van der Waals surface area (Å²) >= 11 is 0. The van der Waals surface area contributed by atoms with E-state index >= 15 is 0 Å². The van der Waals surface area contributed by atoms with Crippen molar-refractivity contribution in [1.29, 1.82) is 0 Å². The number of allylic oxidation sites excluding steroid dienone is 1. The van der Waals surface area contributed by atoms with E-state index in [1.54, 1.807) is 11.0 Å². The number of aliphatic carboxylic acids is 1. The standard InChI is InChI=1S/C17H23NO3/c1-4-14(15-8-6-5-7-9-15)12-16(19)18(13(2)3)11-10-17(20)21/h4-9,13-14H,1,10-12H2,2-3H3,(H,20,21). The molecular formula is C17H23NO3. The van der Waals surface area contributed by atoms with E-state index in [-0.39, 0.29) is 30.8 Å². The summed E-state index contributed by atoms with van der Waals surface area (Å²) in [6.45, 7) is 7.83. The first kappa shape index (κ1) is 17.0. The molecule has 0 fully saturated rings. The topological polar surface area (TPSA) is 57.6 Å². The molecule has 0 aliphatic carbocycles. The molecule has 0 aliphatic rings. The van der Waals surface area contributed by atoms with E-state index in [4.69, 9.17) is 5.11 Å². The van der Waals surface area contributed by atoms with E-state index in [1.807, 2.05) is 44.2 Å². The first-order chi connectivity index (χ1) is 9.95. The monoisotopic (exact) mass is 289 g/mol. The maximum Gasteiger partial charge on any atom is 0.305 e. The van der Waals surface area contributed by atoms with Crippen LogP contribution in [0.2, 0.25) is 0 Å². The smallest absolute Gasteiger partial charge is 0.305 e. The van der Waals surface area contributed by atoms with Gasteiger partial charge in [0.15, 0.2) is 0 Å². The second-order valence-corrected chi connectivity index (χ2v) is 5.28. The van der Waals surface area contributed by atoms with Gasteiger partial charge in [0.1, 0.15) is 0 Å². The zero-order valence-corrected chi connectivity index (χ0v) is 12.7. The number of rotatable bonds is 8. The zero-order chi connectivity index (χ0) is 15.8. The molecule has 0 saturated heterocycles. The van der Waals surface area contributed by atoms with Gasteiger partial charge in [-0.15, -0.1) is 6.58 Å². The van der Waals surface area contributed by atoms with Crippen molar-refractivity contribution in [2.75, 3.05) is 6.54 Å². The first-order valence-corrected chi connectivity index (χ1v) is 7.14. The van der Waals surface area contributed by atoms with Gasteiger partial charge in [-0.05, 0) is 19.4 Å². The average molecular weight is 289 g/mol. The predicted octanol–water partition coefficient (Wildman–Crippen LogP) is 3.06. The van der Waals surface area contributed by atoms with Crippen molar-refractivity contribution in [2.45, 2.75) is 38.6 Å². The maximum atomic E-state index is 12.4. The van der Waals surface area contributed by atoms with Crippen LogP contribution in [0.15, 0.2) is 43.0 Å². The Morgan fingerprint density at radius 2 is 1.90 bits per heavy atom. The fourth-order valence-electron chi connectivity index (χ4n) is 2.23. The fourth-order valence-corrected chi connectivity index (χ4v) is 2.23. The lowest BCUT2D eigenvalue weighted by Gasteiger charge is -2.27. The third-order valence-electron chi connectivity index (χ3n) is 3.42.